The summed E-state index contributed by atoms with van der Waals surface area (Å²) in [6.45, 7) is 8.44. The van der Waals surface area contributed by atoms with Crippen LogP contribution in [0.4, 0.5) is 5.69 Å². The van der Waals surface area contributed by atoms with Gasteiger partial charge in [-0.05, 0) is 66.3 Å². The minimum Gasteiger partial charge on any atom is -0.496 e. The molecule has 1 amide bonds. The van der Waals surface area contributed by atoms with Gasteiger partial charge in [0, 0.05) is 0 Å². The smallest absolute Gasteiger partial charge is 0.280 e. The zero-order valence-electron chi connectivity index (χ0n) is 17.3. The van der Waals surface area contributed by atoms with Gasteiger partial charge in [0.2, 0.25) is 0 Å². The largest absolute Gasteiger partial charge is 0.496 e. The van der Waals surface area contributed by atoms with Crippen molar-refractivity contribution in [2.24, 2.45) is 5.10 Å². The standard InChI is InChI=1S/C24H28N2O2/c1-6-10-22-21(24(27)26(25-22)19-11-8-7-9-12-19)15-18-14-20(16(2)3)23(28-5)13-17(18)4/h7-9,11-16H,6,10H2,1-5H3. The van der Waals surface area contributed by atoms with E-state index in [0.29, 0.717) is 11.5 Å². The minimum atomic E-state index is -0.0732. The fourth-order valence-electron chi connectivity index (χ4n) is 3.42. The molecule has 0 aliphatic carbocycles. The van der Waals surface area contributed by atoms with Gasteiger partial charge in [0.15, 0.2) is 0 Å². The summed E-state index contributed by atoms with van der Waals surface area (Å²) in [5.74, 6) is 1.15. The quantitative estimate of drug-likeness (QED) is 0.606. The minimum absolute atomic E-state index is 0.0732. The number of para-hydroxylation sites is 1. The van der Waals surface area contributed by atoms with E-state index in [1.165, 1.54) is 5.01 Å². The van der Waals surface area contributed by atoms with E-state index in [4.69, 9.17) is 4.74 Å². The van der Waals surface area contributed by atoms with Crippen LogP contribution in [0.15, 0.2) is 53.1 Å². The van der Waals surface area contributed by atoms with Gasteiger partial charge in [-0.2, -0.15) is 10.1 Å². The van der Waals surface area contributed by atoms with E-state index in [2.05, 4.69) is 31.9 Å². The zero-order valence-corrected chi connectivity index (χ0v) is 17.3. The fourth-order valence-corrected chi connectivity index (χ4v) is 3.42. The molecule has 2 aromatic carbocycles. The van der Waals surface area contributed by atoms with E-state index in [-0.39, 0.29) is 5.91 Å². The first-order valence-electron chi connectivity index (χ1n) is 9.83. The Balaban J connectivity index is 2.06. The Bertz CT molecular complexity index is 927. The molecular formula is C24H28N2O2. The number of methoxy groups -OCH3 is 1. The molecule has 1 aliphatic heterocycles. The van der Waals surface area contributed by atoms with Gasteiger partial charge in [-0.3, -0.25) is 4.79 Å². The zero-order chi connectivity index (χ0) is 20.3. The van der Waals surface area contributed by atoms with Crippen LogP contribution in [0.3, 0.4) is 0 Å². The number of anilines is 1. The number of hydrazone groups is 1. The molecule has 3 rings (SSSR count). The Morgan fingerprint density at radius 2 is 1.89 bits per heavy atom. The molecule has 0 fully saturated rings. The molecule has 1 aliphatic rings. The van der Waals surface area contributed by atoms with Crippen LogP contribution in [0.25, 0.3) is 6.08 Å². The van der Waals surface area contributed by atoms with Crippen molar-refractivity contribution in [3.05, 3.63) is 64.7 Å². The summed E-state index contributed by atoms with van der Waals surface area (Å²) in [6, 6.07) is 13.8. The van der Waals surface area contributed by atoms with Gasteiger partial charge in [-0.15, -0.1) is 0 Å². The monoisotopic (exact) mass is 376 g/mol. The molecule has 0 bridgehead atoms. The average Bonchev–Trinajstić information content (AvgIpc) is 2.99. The third-order valence-corrected chi connectivity index (χ3v) is 4.98. The molecule has 0 saturated heterocycles. The van der Waals surface area contributed by atoms with Crippen molar-refractivity contribution >= 4 is 23.4 Å². The van der Waals surface area contributed by atoms with Gasteiger partial charge in [0.05, 0.1) is 24.1 Å². The first kappa shape index (κ1) is 19.9. The van der Waals surface area contributed by atoms with Gasteiger partial charge < -0.3 is 4.74 Å². The van der Waals surface area contributed by atoms with Crippen LogP contribution < -0.4 is 9.75 Å². The molecule has 1 heterocycles. The summed E-state index contributed by atoms with van der Waals surface area (Å²) in [6.07, 6.45) is 3.69. The normalized spacial score (nSPS) is 15.5. The maximum atomic E-state index is 13.2. The first-order chi connectivity index (χ1) is 13.5. The molecule has 0 spiro atoms. The summed E-state index contributed by atoms with van der Waals surface area (Å²) in [7, 11) is 1.70. The number of nitrogens with zero attached hydrogens (tertiary/aromatic N) is 2. The van der Waals surface area contributed by atoms with Crippen molar-refractivity contribution < 1.29 is 9.53 Å². The van der Waals surface area contributed by atoms with Crippen LogP contribution in [-0.4, -0.2) is 18.7 Å². The molecule has 0 atom stereocenters. The van der Waals surface area contributed by atoms with Crippen LogP contribution in [0, 0.1) is 6.92 Å². The number of ether oxygens (including phenoxy) is 1. The van der Waals surface area contributed by atoms with Crippen LogP contribution in [0.5, 0.6) is 5.75 Å². The van der Waals surface area contributed by atoms with E-state index >= 15 is 0 Å². The van der Waals surface area contributed by atoms with Crippen molar-refractivity contribution in [2.75, 3.05) is 12.1 Å². The Labute approximate surface area is 167 Å². The molecular weight excluding hydrogens is 348 g/mol. The molecule has 0 aromatic heterocycles. The second kappa shape index (κ2) is 8.42. The van der Waals surface area contributed by atoms with Gasteiger partial charge in [0.25, 0.3) is 5.91 Å². The lowest BCUT2D eigenvalue weighted by atomic mass is 9.94. The highest BCUT2D eigenvalue weighted by molar-refractivity contribution is 6.32. The Morgan fingerprint density at radius 3 is 2.50 bits per heavy atom. The summed E-state index contributed by atoms with van der Waals surface area (Å²) in [4.78, 5) is 13.2. The van der Waals surface area contributed by atoms with E-state index < -0.39 is 0 Å². The van der Waals surface area contributed by atoms with Crippen LogP contribution in [0.1, 0.15) is 56.2 Å². The van der Waals surface area contributed by atoms with Crippen LogP contribution in [0.2, 0.25) is 0 Å². The highest BCUT2D eigenvalue weighted by Crippen LogP contribution is 2.32. The van der Waals surface area contributed by atoms with E-state index in [0.717, 1.165) is 46.7 Å². The molecule has 0 saturated carbocycles. The Kier molecular flexibility index (Phi) is 5.98. The fraction of sp³-hybridized carbons (Fsp3) is 0.333. The van der Waals surface area contributed by atoms with Gasteiger partial charge in [-0.25, -0.2) is 0 Å². The second-order valence-electron chi connectivity index (χ2n) is 7.41. The average molecular weight is 377 g/mol. The molecule has 0 radical (unpaired) electrons. The molecule has 2 aromatic rings. The van der Waals surface area contributed by atoms with Gasteiger partial charge in [-0.1, -0.05) is 45.4 Å². The lowest BCUT2D eigenvalue weighted by Crippen LogP contribution is -2.21. The van der Waals surface area contributed by atoms with Crippen molar-refractivity contribution in [1.29, 1.82) is 0 Å². The van der Waals surface area contributed by atoms with Crippen molar-refractivity contribution in [3.63, 3.8) is 0 Å². The topological polar surface area (TPSA) is 41.9 Å². The van der Waals surface area contributed by atoms with Crippen LogP contribution >= 0.6 is 0 Å². The van der Waals surface area contributed by atoms with Gasteiger partial charge >= 0.3 is 0 Å². The summed E-state index contributed by atoms with van der Waals surface area (Å²) < 4.78 is 5.55. The lowest BCUT2D eigenvalue weighted by molar-refractivity contribution is -0.114. The van der Waals surface area contributed by atoms with Crippen molar-refractivity contribution in [3.8, 4) is 5.75 Å². The predicted octanol–water partition coefficient (Wildman–Crippen LogP) is 5.71. The third kappa shape index (κ3) is 3.86. The van der Waals surface area contributed by atoms with Crippen molar-refractivity contribution in [2.45, 2.75) is 46.5 Å². The SMILES string of the molecule is CCCC1=NN(c2ccccc2)C(=O)C1=Cc1cc(C(C)C)c(OC)cc1C. The summed E-state index contributed by atoms with van der Waals surface area (Å²) in [5, 5.41) is 6.15. The van der Waals surface area contributed by atoms with Crippen molar-refractivity contribution in [1.82, 2.24) is 0 Å². The van der Waals surface area contributed by atoms with E-state index in [1.807, 2.05) is 49.4 Å². The third-order valence-electron chi connectivity index (χ3n) is 4.98. The maximum absolute atomic E-state index is 13.2. The molecule has 4 nitrogen and oxygen atoms in total. The maximum Gasteiger partial charge on any atom is 0.280 e. The number of hydrogen-bond donors (Lipinski definition) is 0. The highest BCUT2D eigenvalue weighted by atomic mass is 16.5. The molecule has 0 unspecified atom stereocenters. The number of carbonyl (C=O) groups excluding carboxylic acids is 1. The number of rotatable bonds is 6. The molecule has 146 valence electrons. The molecule has 28 heavy (non-hydrogen) atoms. The van der Waals surface area contributed by atoms with Crippen LogP contribution in [-0.2, 0) is 4.79 Å². The Morgan fingerprint density at radius 1 is 1.18 bits per heavy atom. The molecule has 4 heteroatoms. The number of aryl methyl sites for hydroxylation is 1. The van der Waals surface area contributed by atoms with Gasteiger partial charge in [0.1, 0.15) is 5.75 Å². The first-order valence-corrected chi connectivity index (χ1v) is 9.83. The summed E-state index contributed by atoms with van der Waals surface area (Å²) >= 11 is 0. The number of carbonyl (C=O) groups is 1. The summed E-state index contributed by atoms with van der Waals surface area (Å²) in [5.41, 5.74) is 5.56. The van der Waals surface area contributed by atoms with E-state index in [9.17, 15) is 4.79 Å². The predicted molar refractivity (Wildman–Crippen MR) is 116 cm³/mol. The van der Waals surface area contributed by atoms with E-state index in [1.54, 1.807) is 7.11 Å². The lowest BCUT2D eigenvalue weighted by Gasteiger charge is -2.15. The highest BCUT2D eigenvalue weighted by Gasteiger charge is 2.30. The second-order valence-corrected chi connectivity index (χ2v) is 7.41. The number of benzene rings is 2. The molecule has 0 N–H and O–H groups in total. The Hall–Kier alpha value is -2.88. The number of hydrogen-bond acceptors (Lipinski definition) is 3. The number of amides is 1.